The zero-order valence-corrected chi connectivity index (χ0v) is 10.5. The van der Waals surface area contributed by atoms with Gasteiger partial charge in [0.05, 0.1) is 12.2 Å². The smallest absolute Gasteiger partial charge is 0.161 e. The summed E-state index contributed by atoms with van der Waals surface area (Å²) in [5, 5.41) is 0. The molecule has 2 bridgehead atoms. The van der Waals surface area contributed by atoms with Gasteiger partial charge in [-0.1, -0.05) is 20.8 Å². The Balaban J connectivity index is 1.67. The molecule has 3 aliphatic carbocycles. The molecule has 0 aromatic heterocycles. The van der Waals surface area contributed by atoms with Crippen LogP contribution in [0.5, 0.6) is 0 Å². The molecule has 4 aliphatic rings. The van der Waals surface area contributed by atoms with Crippen LogP contribution in [0, 0.1) is 22.7 Å². The molecule has 1 saturated heterocycles. The van der Waals surface area contributed by atoms with Crippen molar-refractivity contribution in [2.75, 3.05) is 0 Å². The molecule has 0 spiro atoms. The fraction of sp³-hybridized carbons (Fsp3) is 1.00. The lowest BCUT2D eigenvalue weighted by molar-refractivity contribution is -0.123. The molecule has 0 aromatic carbocycles. The fourth-order valence-corrected chi connectivity index (χ4v) is 4.54. The van der Waals surface area contributed by atoms with E-state index < -0.39 is 0 Å². The van der Waals surface area contributed by atoms with Crippen molar-refractivity contribution >= 4 is 0 Å². The first-order valence-corrected chi connectivity index (χ1v) is 6.85. The van der Waals surface area contributed by atoms with Crippen LogP contribution in [0.3, 0.4) is 0 Å². The third kappa shape index (κ3) is 0.932. The highest BCUT2D eigenvalue weighted by atomic mass is 16.7. The summed E-state index contributed by atoms with van der Waals surface area (Å²) in [4.78, 5) is 0. The van der Waals surface area contributed by atoms with Crippen LogP contribution in [0.2, 0.25) is 0 Å². The van der Waals surface area contributed by atoms with E-state index >= 15 is 0 Å². The van der Waals surface area contributed by atoms with Gasteiger partial charge < -0.3 is 9.47 Å². The molecule has 90 valence electrons. The molecule has 1 aliphatic heterocycles. The van der Waals surface area contributed by atoms with Gasteiger partial charge in [0.25, 0.3) is 0 Å². The third-order valence-electron chi connectivity index (χ3n) is 6.28. The molecule has 2 heteroatoms. The predicted molar refractivity (Wildman–Crippen MR) is 60.9 cm³/mol. The van der Waals surface area contributed by atoms with E-state index in [-0.39, 0.29) is 6.29 Å². The van der Waals surface area contributed by atoms with E-state index in [0.29, 0.717) is 23.0 Å². The molecular weight excluding hydrogens is 200 g/mol. The molecule has 0 amide bonds. The topological polar surface area (TPSA) is 18.5 Å². The van der Waals surface area contributed by atoms with Gasteiger partial charge in [0.2, 0.25) is 0 Å². The summed E-state index contributed by atoms with van der Waals surface area (Å²) >= 11 is 0. The fourth-order valence-electron chi connectivity index (χ4n) is 4.54. The maximum atomic E-state index is 6.26. The zero-order valence-electron chi connectivity index (χ0n) is 10.5. The molecule has 0 unspecified atom stereocenters. The van der Waals surface area contributed by atoms with Crippen LogP contribution in [0.1, 0.15) is 46.5 Å². The van der Waals surface area contributed by atoms with Gasteiger partial charge in [0.1, 0.15) is 0 Å². The van der Waals surface area contributed by atoms with Crippen LogP contribution in [-0.4, -0.2) is 18.5 Å². The summed E-state index contributed by atoms with van der Waals surface area (Å²) in [7, 11) is 0. The maximum absolute atomic E-state index is 6.26. The van der Waals surface area contributed by atoms with Crippen molar-refractivity contribution in [3.05, 3.63) is 0 Å². The highest BCUT2D eigenvalue weighted by molar-refractivity contribution is 5.17. The van der Waals surface area contributed by atoms with E-state index in [1.807, 2.05) is 0 Å². The molecular formula is C14H22O2. The summed E-state index contributed by atoms with van der Waals surface area (Å²) in [5.74, 6) is 1.45. The first kappa shape index (κ1) is 9.90. The van der Waals surface area contributed by atoms with Crippen molar-refractivity contribution in [1.29, 1.82) is 0 Å². The predicted octanol–water partition coefficient (Wildman–Crippen LogP) is 2.96. The summed E-state index contributed by atoms with van der Waals surface area (Å²) in [5.41, 5.74) is 0.753. The third-order valence-corrected chi connectivity index (χ3v) is 6.28. The number of fused-ring (bicyclic) bond motifs is 5. The quantitative estimate of drug-likeness (QED) is 0.679. The molecule has 1 heterocycles. The minimum absolute atomic E-state index is 0.144. The van der Waals surface area contributed by atoms with Crippen molar-refractivity contribution in [2.45, 2.75) is 65.0 Å². The molecule has 0 radical (unpaired) electrons. The molecule has 0 N–H and O–H groups in total. The Morgan fingerprint density at radius 1 is 1.00 bits per heavy atom. The van der Waals surface area contributed by atoms with E-state index in [4.69, 9.17) is 9.47 Å². The van der Waals surface area contributed by atoms with Gasteiger partial charge in [-0.25, -0.2) is 0 Å². The lowest BCUT2D eigenvalue weighted by Gasteiger charge is -2.38. The lowest BCUT2D eigenvalue weighted by Crippen LogP contribution is -2.38. The Hall–Kier alpha value is -0.0800. The summed E-state index contributed by atoms with van der Waals surface area (Å²) < 4.78 is 12.5. The van der Waals surface area contributed by atoms with Crippen LogP contribution in [0.4, 0.5) is 0 Å². The first-order chi connectivity index (χ1) is 7.54. The standard InChI is InChI=1S/C14H22O2/c1-13(2)9-6-7-14(13,3)11-10(9)15-12(16-11)8-4-5-8/h8-12H,4-7H2,1-3H3/t9-,10-,11-,12-,14+/m1/s1. The number of hydrogen-bond donors (Lipinski definition) is 0. The van der Waals surface area contributed by atoms with E-state index in [9.17, 15) is 0 Å². The van der Waals surface area contributed by atoms with Gasteiger partial charge in [0, 0.05) is 11.3 Å². The van der Waals surface area contributed by atoms with E-state index in [1.165, 1.54) is 25.7 Å². The van der Waals surface area contributed by atoms with E-state index in [2.05, 4.69) is 20.8 Å². The second kappa shape index (κ2) is 2.67. The van der Waals surface area contributed by atoms with Gasteiger partial charge in [0.15, 0.2) is 6.29 Å². The highest BCUT2D eigenvalue weighted by Gasteiger charge is 2.70. The van der Waals surface area contributed by atoms with Gasteiger partial charge >= 0.3 is 0 Å². The van der Waals surface area contributed by atoms with Gasteiger partial charge in [-0.3, -0.25) is 0 Å². The first-order valence-electron chi connectivity index (χ1n) is 6.85. The second-order valence-electron chi connectivity index (χ2n) is 7.15. The van der Waals surface area contributed by atoms with Crippen LogP contribution < -0.4 is 0 Å². The average Bonchev–Trinajstić information content (AvgIpc) is 2.90. The molecule has 5 atom stereocenters. The monoisotopic (exact) mass is 222 g/mol. The van der Waals surface area contributed by atoms with Gasteiger partial charge in [-0.15, -0.1) is 0 Å². The minimum atomic E-state index is 0.144. The zero-order chi connectivity index (χ0) is 11.1. The number of rotatable bonds is 1. The van der Waals surface area contributed by atoms with Crippen molar-refractivity contribution in [3.63, 3.8) is 0 Å². The average molecular weight is 222 g/mol. The molecule has 16 heavy (non-hydrogen) atoms. The Morgan fingerprint density at radius 2 is 1.75 bits per heavy atom. The van der Waals surface area contributed by atoms with Gasteiger partial charge in [-0.05, 0) is 37.0 Å². The SMILES string of the molecule is CC1(C)[C@@H]2CC[C@@]1(C)[C@@H]1O[C@H](C3CC3)O[C@H]21. The summed E-state index contributed by atoms with van der Waals surface area (Å²) in [6, 6.07) is 0. The molecule has 3 saturated carbocycles. The number of ether oxygens (including phenoxy) is 2. The molecule has 2 nitrogen and oxygen atoms in total. The van der Waals surface area contributed by atoms with Crippen molar-refractivity contribution in [3.8, 4) is 0 Å². The Bertz CT molecular complexity index is 334. The summed E-state index contributed by atoms with van der Waals surface area (Å²) in [6.07, 6.45) is 6.22. The Morgan fingerprint density at radius 3 is 2.38 bits per heavy atom. The summed E-state index contributed by atoms with van der Waals surface area (Å²) in [6.45, 7) is 7.26. The Labute approximate surface area is 97.7 Å². The van der Waals surface area contributed by atoms with Crippen molar-refractivity contribution in [1.82, 2.24) is 0 Å². The van der Waals surface area contributed by atoms with Crippen molar-refractivity contribution < 1.29 is 9.47 Å². The van der Waals surface area contributed by atoms with Crippen LogP contribution in [0.15, 0.2) is 0 Å². The second-order valence-corrected chi connectivity index (χ2v) is 7.15. The van der Waals surface area contributed by atoms with E-state index in [1.54, 1.807) is 0 Å². The number of hydrogen-bond acceptors (Lipinski definition) is 2. The molecule has 4 rings (SSSR count). The van der Waals surface area contributed by atoms with Crippen molar-refractivity contribution in [2.24, 2.45) is 22.7 Å². The van der Waals surface area contributed by atoms with Gasteiger partial charge in [-0.2, -0.15) is 0 Å². The molecule has 0 aromatic rings. The normalized spacial score (nSPS) is 57.9. The molecule has 4 fully saturated rings. The van der Waals surface area contributed by atoms with Crippen LogP contribution >= 0.6 is 0 Å². The highest BCUT2D eigenvalue weighted by Crippen LogP contribution is 2.69. The lowest BCUT2D eigenvalue weighted by atomic mass is 9.70. The van der Waals surface area contributed by atoms with Crippen LogP contribution in [0.25, 0.3) is 0 Å². The van der Waals surface area contributed by atoms with E-state index in [0.717, 1.165) is 11.8 Å². The van der Waals surface area contributed by atoms with Crippen LogP contribution in [-0.2, 0) is 9.47 Å². The minimum Gasteiger partial charge on any atom is -0.346 e. The maximum Gasteiger partial charge on any atom is 0.161 e. The largest absolute Gasteiger partial charge is 0.346 e. The Kier molecular flexibility index (Phi) is 1.65.